The summed E-state index contributed by atoms with van der Waals surface area (Å²) in [7, 11) is 2.16. The van der Waals surface area contributed by atoms with E-state index in [2.05, 4.69) is 48.2 Å². The lowest BCUT2D eigenvalue weighted by molar-refractivity contribution is 0.326. The monoisotopic (exact) mass is 295 g/mol. The van der Waals surface area contributed by atoms with Gasteiger partial charge < -0.3 is 5.32 Å². The van der Waals surface area contributed by atoms with Crippen LogP contribution in [0.25, 0.3) is 0 Å². The molecule has 0 aliphatic carbocycles. The topological polar surface area (TPSA) is 28.2 Å². The Kier molecular flexibility index (Phi) is 5.51. The van der Waals surface area contributed by atoms with Crippen LogP contribution in [-0.4, -0.2) is 30.0 Å². The van der Waals surface area contributed by atoms with Crippen molar-refractivity contribution in [2.75, 3.05) is 20.1 Å². The maximum absolute atomic E-state index is 4.29. The van der Waals surface area contributed by atoms with Gasteiger partial charge in [0.2, 0.25) is 0 Å². The average Bonchev–Trinajstić information content (AvgIpc) is 2.95. The molecule has 0 aliphatic heterocycles. The zero-order valence-electron chi connectivity index (χ0n) is 11.8. The lowest BCUT2D eigenvalue weighted by Crippen LogP contribution is -2.28. The van der Waals surface area contributed by atoms with Crippen molar-refractivity contribution < 1.29 is 0 Å². The minimum absolute atomic E-state index is 0.978. The number of likely N-dealkylation sites (N-methyl/N-ethyl adjacent to an activating group) is 1. The molecule has 0 spiro atoms. The second kappa shape index (κ2) is 7.14. The fourth-order valence-electron chi connectivity index (χ4n) is 1.86. The number of aryl methyl sites for hydroxylation is 2. The van der Waals surface area contributed by atoms with Gasteiger partial charge in [-0.25, -0.2) is 4.98 Å². The van der Waals surface area contributed by atoms with Gasteiger partial charge in [0, 0.05) is 40.8 Å². The number of aromatic nitrogens is 1. The predicted molar refractivity (Wildman–Crippen MR) is 83.9 cm³/mol. The van der Waals surface area contributed by atoms with E-state index in [1.54, 1.807) is 11.3 Å². The van der Waals surface area contributed by atoms with Gasteiger partial charge in [-0.1, -0.05) is 0 Å². The maximum atomic E-state index is 4.29. The highest BCUT2D eigenvalue weighted by atomic mass is 32.1. The minimum atomic E-state index is 0.978. The molecule has 2 aromatic rings. The maximum Gasteiger partial charge on any atom is 0.0798 e. The largest absolute Gasteiger partial charge is 0.311 e. The molecule has 0 atom stereocenters. The first-order valence-electron chi connectivity index (χ1n) is 6.48. The molecule has 0 fully saturated rings. The van der Waals surface area contributed by atoms with Gasteiger partial charge in [0.1, 0.15) is 0 Å². The van der Waals surface area contributed by atoms with Gasteiger partial charge >= 0.3 is 0 Å². The number of thiophene rings is 1. The Hall–Kier alpha value is -0.750. The zero-order chi connectivity index (χ0) is 13.7. The van der Waals surface area contributed by atoms with Crippen LogP contribution in [0.5, 0.6) is 0 Å². The highest BCUT2D eigenvalue weighted by molar-refractivity contribution is 7.11. The Balaban J connectivity index is 1.64. The standard InChI is InChI=1S/C14H21N3S2/c1-11-4-5-13(19-11)8-15-6-7-17(3)9-14-12(2)16-10-18-14/h4-5,10,15H,6-9H2,1-3H3. The molecule has 1 N–H and O–H groups in total. The van der Waals surface area contributed by atoms with Gasteiger partial charge in [0.15, 0.2) is 0 Å². The molecule has 0 saturated heterocycles. The summed E-state index contributed by atoms with van der Waals surface area (Å²) >= 11 is 3.61. The zero-order valence-corrected chi connectivity index (χ0v) is 13.4. The Morgan fingerprint density at radius 1 is 1.32 bits per heavy atom. The van der Waals surface area contributed by atoms with Crippen molar-refractivity contribution in [1.82, 2.24) is 15.2 Å². The van der Waals surface area contributed by atoms with Crippen molar-refractivity contribution in [3.8, 4) is 0 Å². The lowest BCUT2D eigenvalue weighted by Gasteiger charge is -2.16. The van der Waals surface area contributed by atoms with Crippen LogP contribution in [0.3, 0.4) is 0 Å². The fourth-order valence-corrected chi connectivity index (χ4v) is 3.58. The van der Waals surface area contributed by atoms with Crippen molar-refractivity contribution in [2.24, 2.45) is 0 Å². The van der Waals surface area contributed by atoms with E-state index in [9.17, 15) is 0 Å². The molecule has 3 nitrogen and oxygen atoms in total. The van der Waals surface area contributed by atoms with Crippen LogP contribution >= 0.6 is 22.7 Å². The summed E-state index contributed by atoms with van der Waals surface area (Å²) in [5.41, 5.74) is 3.09. The summed E-state index contributed by atoms with van der Waals surface area (Å²) in [5, 5.41) is 3.50. The Labute approximate surface area is 123 Å². The summed E-state index contributed by atoms with van der Waals surface area (Å²) in [4.78, 5) is 10.8. The first-order valence-corrected chi connectivity index (χ1v) is 8.18. The Bertz CT molecular complexity index is 504. The summed E-state index contributed by atoms with van der Waals surface area (Å²) in [6, 6.07) is 4.39. The molecule has 2 heterocycles. The third kappa shape index (κ3) is 4.69. The van der Waals surface area contributed by atoms with E-state index >= 15 is 0 Å². The van der Waals surface area contributed by atoms with Crippen molar-refractivity contribution in [3.05, 3.63) is 38.0 Å². The molecule has 104 valence electrons. The van der Waals surface area contributed by atoms with E-state index < -0.39 is 0 Å². The van der Waals surface area contributed by atoms with E-state index in [0.29, 0.717) is 0 Å². The van der Waals surface area contributed by atoms with Crippen LogP contribution in [-0.2, 0) is 13.1 Å². The van der Waals surface area contributed by atoms with Gasteiger partial charge in [0.25, 0.3) is 0 Å². The molecule has 2 aromatic heterocycles. The van der Waals surface area contributed by atoms with E-state index in [4.69, 9.17) is 0 Å². The Morgan fingerprint density at radius 3 is 2.79 bits per heavy atom. The second-order valence-corrected chi connectivity index (χ2v) is 7.10. The first-order chi connectivity index (χ1) is 9.15. The van der Waals surface area contributed by atoms with Gasteiger partial charge in [0.05, 0.1) is 11.2 Å². The molecule has 0 amide bonds. The van der Waals surface area contributed by atoms with Crippen molar-refractivity contribution in [3.63, 3.8) is 0 Å². The quantitative estimate of drug-likeness (QED) is 0.796. The number of hydrogen-bond donors (Lipinski definition) is 1. The summed E-state index contributed by atoms with van der Waals surface area (Å²) in [6.07, 6.45) is 0. The van der Waals surface area contributed by atoms with Gasteiger partial charge in [-0.15, -0.1) is 22.7 Å². The molecule has 0 bridgehead atoms. The van der Waals surface area contributed by atoms with Crippen LogP contribution in [0, 0.1) is 13.8 Å². The van der Waals surface area contributed by atoms with Crippen molar-refractivity contribution in [1.29, 1.82) is 0 Å². The molecular formula is C14H21N3S2. The van der Waals surface area contributed by atoms with Crippen LogP contribution in [0.15, 0.2) is 17.6 Å². The molecule has 0 radical (unpaired) electrons. The van der Waals surface area contributed by atoms with Crippen LogP contribution < -0.4 is 5.32 Å². The molecule has 5 heteroatoms. The highest BCUT2D eigenvalue weighted by Crippen LogP contribution is 2.15. The van der Waals surface area contributed by atoms with Gasteiger partial charge in [-0.3, -0.25) is 4.90 Å². The molecule has 0 saturated carbocycles. The number of thiazole rings is 1. The normalized spacial score (nSPS) is 11.4. The summed E-state index contributed by atoms with van der Waals surface area (Å²) in [6.45, 7) is 8.28. The first kappa shape index (κ1) is 14.7. The van der Waals surface area contributed by atoms with Crippen LogP contribution in [0.2, 0.25) is 0 Å². The SMILES string of the molecule is Cc1ccc(CNCCN(C)Cc2scnc2C)s1. The van der Waals surface area contributed by atoms with Crippen molar-refractivity contribution >= 4 is 22.7 Å². The van der Waals surface area contributed by atoms with Gasteiger partial charge in [-0.2, -0.15) is 0 Å². The third-order valence-electron chi connectivity index (χ3n) is 3.02. The molecule has 0 unspecified atom stereocenters. The smallest absolute Gasteiger partial charge is 0.0798 e. The average molecular weight is 295 g/mol. The van der Waals surface area contributed by atoms with Gasteiger partial charge in [-0.05, 0) is 33.0 Å². The number of hydrogen-bond acceptors (Lipinski definition) is 5. The predicted octanol–water partition coefficient (Wildman–Crippen LogP) is 3.04. The number of nitrogens with one attached hydrogen (secondary N) is 1. The molecular weight excluding hydrogens is 274 g/mol. The van der Waals surface area contributed by atoms with E-state index in [1.165, 1.54) is 20.3 Å². The molecule has 19 heavy (non-hydrogen) atoms. The Morgan fingerprint density at radius 2 is 2.16 bits per heavy atom. The van der Waals surface area contributed by atoms with E-state index in [1.807, 2.05) is 16.8 Å². The van der Waals surface area contributed by atoms with Crippen molar-refractivity contribution in [2.45, 2.75) is 26.9 Å². The summed E-state index contributed by atoms with van der Waals surface area (Å²) in [5.74, 6) is 0. The highest BCUT2D eigenvalue weighted by Gasteiger charge is 2.05. The summed E-state index contributed by atoms with van der Waals surface area (Å²) < 4.78 is 0. The number of rotatable bonds is 7. The third-order valence-corrected chi connectivity index (χ3v) is 4.94. The fraction of sp³-hybridized carbons (Fsp3) is 0.500. The van der Waals surface area contributed by atoms with Crippen LogP contribution in [0.4, 0.5) is 0 Å². The van der Waals surface area contributed by atoms with E-state index in [0.717, 1.165) is 26.2 Å². The molecule has 2 rings (SSSR count). The second-order valence-electron chi connectivity index (χ2n) is 4.79. The lowest BCUT2D eigenvalue weighted by atomic mass is 10.3. The van der Waals surface area contributed by atoms with E-state index in [-0.39, 0.29) is 0 Å². The molecule has 0 aliphatic rings. The minimum Gasteiger partial charge on any atom is -0.311 e. The molecule has 0 aromatic carbocycles. The number of nitrogens with zero attached hydrogens (tertiary/aromatic N) is 2. The van der Waals surface area contributed by atoms with Crippen LogP contribution in [0.1, 0.15) is 20.3 Å².